The van der Waals surface area contributed by atoms with Crippen molar-refractivity contribution in [2.24, 2.45) is 0 Å². The molecule has 0 spiro atoms. The first-order valence-electron chi connectivity index (χ1n) is 6.19. The predicted molar refractivity (Wildman–Crippen MR) is 73.8 cm³/mol. The number of nitrogens with one attached hydrogen (secondary N) is 3. The van der Waals surface area contributed by atoms with E-state index in [1.807, 2.05) is 30.3 Å². The average Bonchev–Trinajstić information content (AvgIpc) is 3.17. The Labute approximate surface area is 115 Å². The molecule has 0 fully saturated rings. The quantitative estimate of drug-likeness (QED) is 0.672. The summed E-state index contributed by atoms with van der Waals surface area (Å²) in [5.41, 5.74) is 3.02. The van der Waals surface area contributed by atoms with Gasteiger partial charge in [-0.1, -0.05) is 30.3 Å². The van der Waals surface area contributed by atoms with Gasteiger partial charge in [-0.05, 0) is 0 Å². The number of rotatable bonds is 4. The van der Waals surface area contributed by atoms with Gasteiger partial charge in [0.1, 0.15) is 0 Å². The summed E-state index contributed by atoms with van der Waals surface area (Å²) in [7, 11) is 0. The van der Waals surface area contributed by atoms with Crippen LogP contribution in [0.25, 0.3) is 11.3 Å². The van der Waals surface area contributed by atoms with Crippen molar-refractivity contribution in [3.05, 3.63) is 60.3 Å². The van der Waals surface area contributed by atoms with E-state index in [1.165, 1.54) is 6.20 Å². The van der Waals surface area contributed by atoms with Crippen molar-refractivity contribution in [3.63, 3.8) is 0 Å². The maximum Gasteiger partial charge on any atom is 0.255 e. The van der Waals surface area contributed by atoms with Crippen molar-refractivity contribution < 1.29 is 4.79 Å². The highest BCUT2D eigenvalue weighted by Crippen LogP contribution is 2.20. The van der Waals surface area contributed by atoms with Crippen LogP contribution in [0.4, 0.5) is 0 Å². The summed E-state index contributed by atoms with van der Waals surface area (Å²) in [5.74, 6) is -0.174. The van der Waals surface area contributed by atoms with Gasteiger partial charge in [0.2, 0.25) is 0 Å². The topological polar surface area (TPSA) is 86.5 Å². The van der Waals surface area contributed by atoms with E-state index >= 15 is 0 Å². The second kappa shape index (κ2) is 5.40. The molecule has 2 heterocycles. The van der Waals surface area contributed by atoms with E-state index in [4.69, 9.17) is 0 Å². The van der Waals surface area contributed by atoms with Crippen molar-refractivity contribution in [1.29, 1.82) is 0 Å². The lowest BCUT2D eigenvalue weighted by Gasteiger charge is -2.04. The molecule has 0 aliphatic carbocycles. The van der Waals surface area contributed by atoms with Crippen LogP contribution in [0.5, 0.6) is 0 Å². The first-order chi connectivity index (χ1) is 9.84. The van der Waals surface area contributed by atoms with Gasteiger partial charge < -0.3 is 10.3 Å². The van der Waals surface area contributed by atoms with E-state index in [2.05, 4.69) is 25.5 Å². The second-order valence-electron chi connectivity index (χ2n) is 4.28. The van der Waals surface area contributed by atoms with E-state index in [1.54, 1.807) is 12.5 Å². The normalized spacial score (nSPS) is 10.4. The second-order valence-corrected chi connectivity index (χ2v) is 4.28. The van der Waals surface area contributed by atoms with Gasteiger partial charge in [0.15, 0.2) is 0 Å². The standard InChI is InChI=1S/C14H13N5O/c20-14(16-7-11-6-15-9-17-11)12-8-18-19-13(12)10-4-2-1-3-5-10/h1-6,8-9H,7H2,(H,15,17)(H,16,20)(H,18,19). The maximum absolute atomic E-state index is 12.2. The van der Waals surface area contributed by atoms with Crippen LogP contribution in [-0.2, 0) is 6.54 Å². The number of H-pyrrole nitrogens is 2. The van der Waals surface area contributed by atoms with Crippen LogP contribution < -0.4 is 5.32 Å². The minimum atomic E-state index is -0.174. The van der Waals surface area contributed by atoms with E-state index in [9.17, 15) is 4.79 Å². The van der Waals surface area contributed by atoms with Crippen LogP contribution in [0.3, 0.4) is 0 Å². The number of hydrogen-bond acceptors (Lipinski definition) is 3. The third-order valence-electron chi connectivity index (χ3n) is 2.94. The monoisotopic (exact) mass is 267 g/mol. The fourth-order valence-electron chi connectivity index (χ4n) is 1.94. The number of nitrogens with zero attached hydrogens (tertiary/aromatic N) is 2. The molecule has 0 saturated carbocycles. The molecule has 0 atom stereocenters. The van der Waals surface area contributed by atoms with Crippen LogP contribution in [0.2, 0.25) is 0 Å². The van der Waals surface area contributed by atoms with Crippen LogP contribution in [-0.4, -0.2) is 26.1 Å². The smallest absolute Gasteiger partial charge is 0.255 e. The summed E-state index contributed by atoms with van der Waals surface area (Å²) in [5, 5.41) is 9.65. The first-order valence-corrected chi connectivity index (χ1v) is 6.19. The third-order valence-corrected chi connectivity index (χ3v) is 2.94. The molecule has 3 aromatic rings. The molecule has 3 rings (SSSR count). The van der Waals surface area contributed by atoms with E-state index in [-0.39, 0.29) is 5.91 Å². The van der Waals surface area contributed by atoms with Gasteiger partial charge in [-0.2, -0.15) is 5.10 Å². The van der Waals surface area contributed by atoms with Gasteiger partial charge in [0.05, 0.1) is 36.0 Å². The van der Waals surface area contributed by atoms with Gasteiger partial charge in [-0.3, -0.25) is 9.89 Å². The molecule has 1 aromatic carbocycles. The summed E-state index contributed by atoms with van der Waals surface area (Å²) in [4.78, 5) is 19.0. The number of benzene rings is 1. The van der Waals surface area contributed by atoms with Gasteiger partial charge >= 0.3 is 0 Å². The van der Waals surface area contributed by atoms with Gasteiger partial charge in [-0.25, -0.2) is 4.98 Å². The Morgan fingerprint density at radius 1 is 1.20 bits per heavy atom. The molecule has 0 saturated heterocycles. The highest BCUT2D eigenvalue weighted by molar-refractivity contribution is 5.99. The van der Waals surface area contributed by atoms with E-state index < -0.39 is 0 Å². The van der Waals surface area contributed by atoms with Gasteiger partial charge in [0, 0.05) is 11.8 Å². The number of amides is 1. The zero-order chi connectivity index (χ0) is 13.8. The largest absolute Gasteiger partial charge is 0.347 e. The van der Waals surface area contributed by atoms with Crippen LogP contribution in [0.15, 0.2) is 49.1 Å². The molecule has 20 heavy (non-hydrogen) atoms. The Balaban J connectivity index is 1.77. The third kappa shape index (κ3) is 2.44. The Morgan fingerprint density at radius 2 is 2.05 bits per heavy atom. The Bertz CT molecular complexity index is 687. The SMILES string of the molecule is O=C(NCc1cnc[nH]1)c1cn[nH]c1-c1ccccc1. The number of carbonyl (C=O) groups excluding carboxylic acids is 1. The lowest BCUT2D eigenvalue weighted by molar-refractivity contribution is 0.0951. The number of carbonyl (C=O) groups is 1. The van der Waals surface area contributed by atoms with Crippen LogP contribution in [0, 0.1) is 0 Å². The van der Waals surface area contributed by atoms with Crippen molar-refractivity contribution in [1.82, 2.24) is 25.5 Å². The minimum Gasteiger partial charge on any atom is -0.347 e. The molecular formula is C14H13N5O. The molecule has 6 heteroatoms. The molecule has 100 valence electrons. The number of imidazole rings is 1. The molecule has 0 aliphatic rings. The summed E-state index contributed by atoms with van der Waals surface area (Å²) in [6.45, 7) is 0.401. The minimum absolute atomic E-state index is 0.174. The van der Waals surface area contributed by atoms with Crippen molar-refractivity contribution >= 4 is 5.91 Å². The summed E-state index contributed by atoms with van der Waals surface area (Å²) < 4.78 is 0. The van der Waals surface area contributed by atoms with E-state index in [0.717, 1.165) is 11.3 Å². The fraction of sp³-hybridized carbons (Fsp3) is 0.0714. The Hall–Kier alpha value is -2.89. The molecule has 3 N–H and O–H groups in total. The van der Waals surface area contributed by atoms with Crippen molar-refractivity contribution in [2.45, 2.75) is 6.54 Å². The molecular weight excluding hydrogens is 254 g/mol. The zero-order valence-corrected chi connectivity index (χ0v) is 10.6. The van der Waals surface area contributed by atoms with Crippen molar-refractivity contribution in [2.75, 3.05) is 0 Å². The number of aromatic amines is 2. The average molecular weight is 267 g/mol. The number of hydrogen-bond donors (Lipinski definition) is 3. The van der Waals surface area contributed by atoms with Crippen LogP contribution >= 0.6 is 0 Å². The van der Waals surface area contributed by atoms with Crippen LogP contribution in [0.1, 0.15) is 16.1 Å². The first kappa shape index (κ1) is 12.2. The lowest BCUT2D eigenvalue weighted by Crippen LogP contribution is -2.23. The van der Waals surface area contributed by atoms with Gasteiger partial charge in [0.25, 0.3) is 5.91 Å². The molecule has 2 aromatic heterocycles. The molecule has 0 unspecified atom stereocenters. The summed E-state index contributed by atoms with van der Waals surface area (Å²) in [6.07, 6.45) is 4.78. The van der Waals surface area contributed by atoms with Crippen molar-refractivity contribution in [3.8, 4) is 11.3 Å². The highest BCUT2D eigenvalue weighted by Gasteiger charge is 2.14. The molecule has 1 amide bonds. The lowest BCUT2D eigenvalue weighted by atomic mass is 10.1. The fourth-order valence-corrected chi connectivity index (χ4v) is 1.94. The van der Waals surface area contributed by atoms with Gasteiger partial charge in [-0.15, -0.1) is 0 Å². The molecule has 0 bridgehead atoms. The van der Waals surface area contributed by atoms with E-state index in [0.29, 0.717) is 17.8 Å². The number of aromatic nitrogens is 4. The zero-order valence-electron chi connectivity index (χ0n) is 10.6. The highest BCUT2D eigenvalue weighted by atomic mass is 16.1. The molecule has 6 nitrogen and oxygen atoms in total. The summed E-state index contributed by atoms with van der Waals surface area (Å²) >= 11 is 0. The molecule has 0 aliphatic heterocycles. The predicted octanol–water partition coefficient (Wildman–Crippen LogP) is 1.73. The summed E-state index contributed by atoms with van der Waals surface area (Å²) in [6, 6.07) is 9.63. The molecule has 0 radical (unpaired) electrons. The Morgan fingerprint density at radius 3 is 2.80 bits per heavy atom. The Kier molecular flexibility index (Phi) is 3.28. The maximum atomic E-state index is 12.2.